The molecule has 6 rings (SSSR count). The maximum atomic E-state index is 15.7. The largest absolute Gasteiger partial charge is 0.383 e. The second-order valence-electron chi connectivity index (χ2n) is 9.54. The number of benzene rings is 3. The van der Waals surface area contributed by atoms with E-state index in [4.69, 9.17) is 23.2 Å². The molecule has 0 bridgehead atoms. The van der Waals surface area contributed by atoms with Crippen LogP contribution in [0.15, 0.2) is 78.2 Å². The molecule has 0 unspecified atom stereocenters. The van der Waals surface area contributed by atoms with Crippen LogP contribution < -0.4 is 15.4 Å². The predicted octanol–water partition coefficient (Wildman–Crippen LogP) is 7.32. The predicted molar refractivity (Wildman–Crippen MR) is 168 cm³/mol. The minimum absolute atomic E-state index is 0.00345. The van der Waals surface area contributed by atoms with E-state index in [2.05, 4.69) is 42.2 Å². The van der Waals surface area contributed by atoms with Gasteiger partial charge in [0.25, 0.3) is 10.0 Å². The van der Waals surface area contributed by atoms with E-state index in [0.29, 0.717) is 11.3 Å². The first-order valence-electron chi connectivity index (χ1n) is 13.2. The molecule has 0 aliphatic carbocycles. The monoisotopic (exact) mass is 654 g/mol. The van der Waals surface area contributed by atoms with Crippen molar-refractivity contribution >= 4 is 78.2 Å². The molecule has 6 aromatic rings. The Morgan fingerprint density at radius 2 is 1.73 bits per heavy atom. The lowest BCUT2D eigenvalue weighted by atomic mass is 10.2. The molecule has 0 fully saturated rings. The first-order valence-corrected chi connectivity index (χ1v) is 15.5. The van der Waals surface area contributed by atoms with Crippen molar-refractivity contribution in [2.45, 2.75) is 18.2 Å². The minimum Gasteiger partial charge on any atom is -0.383 e. The van der Waals surface area contributed by atoms with Crippen molar-refractivity contribution < 1.29 is 17.2 Å². The van der Waals surface area contributed by atoms with E-state index in [9.17, 15) is 12.8 Å². The summed E-state index contributed by atoms with van der Waals surface area (Å²) in [5.74, 6) is -1.77. The second-order valence-corrected chi connectivity index (χ2v) is 12.0. The number of fused-ring (bicyclic) bond motifs is 2. The number of hydrogen-bond donors (Lipinski definition) is 3. The highest BCUT2D eigenvalue weighted by atomic mass is 35.5. The molecule has 3 N–H and O–H groups in total. The van der Waals surface area contributed by atoms with Gasteiger partial charge in [-0.2, -0.15) is 0 Å². The zero-order valence-corrected chi connectivity index (χ0v) is 25.1. The average Bonchev–Trinajstić information content (AvgIpc) is 3.45. The fourth-order valence-corrected chi connectivity index (χ4v) is 6.36. The molecule has 3 heterocycles. The smallest absolute Gasteiger partial charge is 0.263 e. The van der Waals surface area contributed by atoms with Crippen molar-refractivity contribution in [1.82, 2.24) is 24.5 Å². The Bertz CT molecular complexity index is 2160. The summed E-state index contributed by atoms with van der Waals surface area (Å²) in [6.45, 7) is 2.86. The van der Waals surface area contributed by atoms with Crippen molar-refractivity contribution in [3.05, 3.63) is 95.0 Å². The van der Waals surface area contributed by atoms with Crippen LogP contribution in [0.1, 0.15) is 13.3 Å². The van der Waals surface area contributed by atoms with Crippen LogP contribution >= 0.6 is 23.2 Å². The number of rotatable bonds is 9. The minimum atomic E-state index is -4.39. The Kier molecular flexibility index (Phi) is 7.93. The van der Waals surface area contributed by atoms with Crippen LogP contribution in [-0.4, -0.2) is 39.5 Å². The lowest BCUT2D eigenvalue weighted by Gasteiger charge is -2.15. The summed E-state index contributed by atoms with van der Waals surface area (Å²) in [5.41, 5.74) is 1.85. The molecule has 3 aromatic heterocycles. The lowest BCUT2D eigenvalue weighted by Crippen LogP contribution is -2.15. The average molecular weight is 656 g/mol. The third-order valence-corrected chi connectivity index (χ3v) is 8.98. The van der Waals surface area contributed by atoms with Gasteiger partial charge >= 0.3 is 0 Å². The molecule has 0 spiro atoms. The SMILES string of the molecule is CCCNc1cccc2c1ncn2-c1ccc2ncnc(Nc3c(F)ccc(NS(=O)(=O)c4cccc(Cl)c4Cl)c3F)c2n1. The van der Waals surface area contributed by atoms with Gasteiger partial charge in [-0.15, -0.1) is 0 Å². The quantitative estimate of drug-likeness (QED) is 0.148. The Morgan fingerprint density at radius 3 is 2.55 bits per heavy atom. The number of imidazole rings is 1. The number of hydrogen-bond acceptors (Lipinski definition) is 8. The van der Waals surface area contributed by atoms with Gasteiger partial charge in [-0.25, -0.2) is 37.1 Å². The van der Waals surface area contributed by atoms with Crippen LogP contribution in [0.2, 0.25) is 10.0 Å². The Balaban J connectivity index is 1.37. The Hall–Kier alpha value is -4.59. The summed E-state index contributed by atoms with van der Waals surface area (Å²) >= 11 is 12.0. The first kappa shape index (κ1) is 29.5. The van der Waals surface area contributed by atoms with Gasteiger partial charge < -0.3 is 10.6 Å². The van der Waals surface area contributed by atoms with Crippen LogP contribution in [0.5, 0.6) is 0 Å². The zero-order chi connectivity index (χ0) is 31.0. The molecule has 0 radical (unpaired) electrons. The maximum Gasteiger partial charge on any atom is 0.263 e. The number of para-hydroxylation sites is 1. The van der Waals surface area contributed by atoms with E-state index in [1.807, 2.05) is 18.2 Å². The van der Waals surface area contributed by atoms with Crippen molar-refractivity contribution in [3.63, 3.8) is 0 Å². The van der Waals surface area contributed by atoms with Gasteiger partial charge in [0.1, 0.15) is 45.9 Å². The summed E-state index contributed by atoms with van der Waals surface area (Å²) in [4.78, 5) is 17.3. The van der Waals surface area contributed by atoms with Crippen LogP contribution in [0, 0.1) is 11.6 Å². The van der Waals surface area contributed by atoms with E-state index >= 15 is 4.39 Å². The number of sulfonamides is 1. The molecule has 0 saturated heterocycles. The topological polar surface area (TPSA) is 127 Å². The molecule has 0 aliphatic heterocycles. The van der Waals surface area contributed by atoms with Crippen molar-refractivity contribution in [1.29, 1.82) is 0 Å². The third-order valence-electron chi connectivity index (χ3n) is 6.64. The molecule has 0 amide bonds. The van der Waals surface area contributed by atoms with Crippen molar-refractivity contribution in [3.8, 4) is 5.82 Å². The fraction of sp³-hybridized carbons (Fsp3) is 0.103. The number of pyridine rings is 1. The standard InChI is InChI=1S/C29H22Cl2F2N8O2S/c1-2-13-34-19-6-4-7-21-27(19)37-15-41(21)23-12-11-20-28(38-23)29(36-14-35-20)39-26-17(32)9-10-18(25(26)33)40-44(42,43)22-8-3-5-16(30)24(22)31/h3-12,14-15,34,40H,2,13H2,1H3,(H,35,36,39). The Morgan fingerprint density at radius 1 is 0.909 bits per heavy atom. The zero-order valence-electron chi connectivity index (χ0n) is 22.8. The van der Waals surface area contributed by atoms with Crippen molar-refractivity contribution in [2.24, 2.45) is 0 Å². The summed E-state index contributed by atoms with van der Waals surface area (Å²) < 4.78 is 60.5. The summed E-state index contributed by atoms with van der Waals surface area (Å²) in [7, 11) is -4.39. The molecule has 44 heavy (non-hydrogen) atoms. The van der Waals surface area contributed by atoms with Gasteiger partial charge in [0.05, 0.1) is 32.5 Å². The normalized spacial score (nSPS) is 11.7. The van der Waals surface area contributed by atoms with E-state index in [-0.39, 0.29) is 26.3 Å². The molecule has 10 nitrogen and oxygen atoms in total. The van der Waals surface area contributed by atoms with Gasteiger partial charge in [0.2, 0.25) is 0 Å². The molecule has 0 atom stereocenters. The molecule has 224 valence electrons. The molecule has 0 saturated carbocycles. The molecule has 3 aromatic carbocycles. The third kappa shape index (κ3) is 5.45. The molecule has 0 aliphatic rings. The van der Waals surface area contributed by atoms with Crippen LogP contribution in [0.3, 0.4) is 0 Å². The lowest BCUT2D eigenvalue weighted by molar-refractivity contribution is 0.588. The van der Waals surface area contributed by atoms with Crippen LogP contribution in [-0.2, 0) is 10.0 Å². The van der Waals surface area contributed by atoms with Gasteiger partial charge in [0, 0.05) is 6.54 Å². The summed E-state index contributed by atoms with van der Waals surface area (Å²) in [6, 6.07) is 15.0. The van der Waals surface area contributed by atoms with Crippen LogP contribution in [0.25, 0.3) is 27.9 Å². The highest BCUT2D eigenvalue weighted by Gasteiger charge is 2.24. The van der Waals surface area contributed by atoms with E-state index in [1.165, 1.54) is 24.5 Å². The van der Waals surface area contributed by atoms with E-state index < -0.39 is 33.0 Å². The number of halogens is 4. The van der Waals surface area contributed by atoms with E-state index in [1.54, 1.807) is 23.0 Å². The highest BCUT2D eigenvalue weighted by Crippen LogP contribution is 2.34. The fourth-order valence-electron chi connectivity index (χ4n) is 4.54. The van der Waals surface area contributed by atoms with Gasteiger partial charge in [-0.1, -0.05) is 42.3 Å². The maximum absolute atomic E-state index is 15.7. The second kappa shape index (κ2) is 11.8. The van der Waals surface area contributed by atoms with Gasteiger partial charge in [-0.3, -0.25) is 9.29 Å². The van der Waals surface area contributed by atoms with Crippen molar-refractivity contribution in [2.75, 3.05) is 21.9 Å². The number of nitrogens with zero attached hydrogens (tertiary/aromatic N) is 5. The van der Waals surface area contributed by atoms with Crippen LogP contribution in [0.4, 0.5) is 31.7 Å². The number of nitrogens with one attached hydrogen (secondary N) is 3. The first-order chi connectivity index (χ1) is 21.2. The number of aromatic nitrogens is 5. The molecule has 15 heteroatoms. The van der Waals surface area contributed by atoms with E-state index in [0.717, 1.165) is 41.8 Å². The molecular formula is C29H22Cl2F2N8O2S. The number of anilines is 4. The van der Waals surface area contributed by atoms with Gasteiger partial charge in [0.15, 0.2) is 11.6 Å². The summed E-state index contributed by atoms with van der Waals surface area (Å²) in [6.07, 6.45) is 3.80. The molecular weight excluding hydrogens is 633 g/mol. The Labute approximate surface area is 260 Å². The van der Waals surface area contributed by atoms with Gasteiger partial charge in [-0.05, 0) is 55.0 Å². The highest BCUT2D eigenvalue weighted by molar-refractivity contribution is 7.92. The summed E-state index contributed by atoms with van der Waals surface area (Å²) in [5, 5.41) is 5.75.